The molecule has 0 aromatic heterocycles. The molecule has 2 unspecified atom stereocenters. The highest BCUT2D eigenvalue weighted by molar-refractivity contribution is 7.90. The van der Waals surface area contributed by atoms with E-state index in [1.165, 1.54) is 11.2 Å². The average molecular weight is 352 g/mol. The summed E-state index contributed by atoms with van der Waals surface area (Å²) in [5.74, 6) is -1.35. The van der Waals surface area contributed by atoms with Crippen molar-refractivity contribution in [3.63, 3.8) is 0 Å². The van der Waals surface area contributed by atoms with Gasteiger partial charge in [-0.1, -0.05) is 29.3 Å². The molecule has 1 aliphatic heterocycles. The van der Waals surface area contributed by atoms with Crippen LogP contribution in [0.2, 0.25) is 10.0 Å². The number of carbonyl (C=O) groups is 1. The Kier molecular flexibility index (Phi) is 4.82. The summed E-state index contributed by atoms with van der Waals surface area (Å²) in [7, 11) is -3.90. The van der Waals surface area contributed by atoms with Crippen molar-refractivity contribution >= 4 is 39.2 Å². The van der Waals surface area contributed by atoms with Crippen LogP contribution in [0.25, 0.3) is 0 Å². The molecule has 2 rings (SSSR count). The molecule has 0 spiro atoms. The molecule has 1 aromatic carbocycles. The Morgan fingerprint density at radius 1 is 1.38 bits per heavy atom. The van der Waals surface area contributed by atoms with E-state index in [0.717, 1.165) is 5.56 Å². The van der Waals surface area contributed by atoms with Gasteiger partial charge in [-0.2, -0.15) is 4.31 Å². The van der Waals surface area contributed by atoms with Crippen LogP contribution in [-0.2, 0) is 14.8 Å². The highest BCUT2D eigenvalue weighted by atomic mass is 35.5. The van der Waals surface area contributed by atoms with E-state index in [1.54, 1.807) is 18.2 Å². The van der Waals surface area contributed by atoms with E-state index in [0.29, 0.717) is 29.4 Å². The topological polar surface area (TPSA) is 74.7 Å². The zero-order chi connectivity index (χ0) is 15.8. The van der Waals surface area contributed by atoms with Crippen LogP contribution < -0.4 is 0 Å². The molecule has 1 fully saturated rings. The first-order chi connectivity index (χ1) is 9.75. The van der Waals surface area contributed by atoms with Crippen LogP contribution in [-0.4, -0.2) is 35.6 Å². The van der Waals surface area contributed by atoms with E-state index in [4.69, 9.17) is 28.3 Å². The van der Waals surface area contributed by atoms with Crippen molar-refractivity contribution < 1.29 is 18.3 Å². The summed E-state index contributed by atoms with van der Waals surface area (Å²) in [5, 5.41) is 8.25. The van der Waals surface area contributed by atoms with Crippen molar-refractivity contribution in [1.82, 2.24) is 4.31 Å². The van der Waals surface area contributed by atoms with Crippen molar-refractivity contribution in [2.75, 3.05) is 6.54 Å². The Morgan fingerprint density at radius 2 is 2.05 bits per heavy atom. The fourth-order valence-electron chi connectivity index (χ4n) is 2.43. The third-order valence-corrected chi connectivity index (χ3v) is 6.58. The molecule has 0 saturated carbocycles. The van der Waals surface area contributed by atoms with Gasteiger partial charge in [0.15, 0.2) is 5.25 Å². The number of aliphatic carboxylic acids is 1. The molecule has 1 aromatic rings. The first kappa shape index (κ1) is 16.5. The number of carboxylic acid groups (broad SMARTS) is 1. The van der Waals surface area contributed by atoms with Crippen LogP contribution >= 0.6 is 23.2 Å². The van der Waals surface area contributed by atoms with Gasteiger partial charge in [0.1, 0.15) is 0 Å². The normalized spacial score (nSPS) is 21.4. The summed E-state index contributed by atoms with van der Waals surface area (Å²) in [6, 6.07) is 4.57. The molecule has 0 aliphatic carbocycles. The molecular formula is C13H15Cl2NO4S. The predicted molar refractivity (Wildman–Crippen MR) is 81.2 cm³/mol. The molecule has 1 heterocycles. The maximum atomic E-state index is 12.4. The maximum absolute atomic E-state index is 12.4. The first-order valence-corrected chi connectivity index (χ1v) is 8.69. The van der Waals surface area contributed by atoms with Crippen LogP contribution in [0.15, 0.2) is 18.2 Å². The molecule has 21 heavy (non-hydrogen) atoms. The Hall–Kier alpha value is -0.820. The molecule has 2 atom stereocenters. The van der Waals surface area contributed by atoms with E-state index >= 15 is 0 Å². The fourth-order valence-corrected chi connectivity index (χ4v) is 4.36. The second kappa shape index (κ2) is 6.12. The van der Waals surface area contributed by atoms with Crippen molar-refractivity contribution in [3.05, 3.63) is 33.8 Å². The molecule has 0 amide bonds. The SMILES string of the molecule is CC(C(=O)O)S(=O)(=O)N1CCCC1c1ccc(Cl)c(Cl)c1. The Balaban J connectivity index is 2.36. The summed E-state index contributed by atoms with van der Waals surface area (Å²) < 4.78 is 26.0. The molecule has 0 radical (unpaired) electrons. The summed E-state index contributed by atoms with van der Waals surface area (Å²) in [4.78, 5) is 11.0. The summed E-state index contributed by atoms with van der Waals surface area (Å²) >= 11 is 11.8. The first-order valence-electron chi connectivity index (χ1n) is 6.43. The van der Waals surface area contributed by atoms with Gasteiger partial charge < -0.3 is 5.11 Å². The quantitative estimate of drug-likeness (QED) is 0.904. The van der Waals surface area contributed by atoms with Gasteiger partial charge in [0.25, 0.3) is 0 Å². The summed E-state index contributed by atoms with van der Waals surface area (Å²) in [6.45, 7) is 1.49. The summed E-state index contributed by atoms with van der Waals surface area (Å²) in [5.41, 5.74) is 0.725. The Bertz CT molecular complexity index is 662. The highest BCUT2D eigenvalue weighted by Crippen LogP contribution is 2.37. The zero-order valence-electron chi connectivity index (χ0n) is 11.3. The monoisotopic (exact) mass is 351 g/mol. The van der Waals surface area contributed by atoms with Crippen molar-refractivity contribution in [1.29, 1.82) is 0 Å². The van der Waals surface area contributed by atoms with Gasteiger partial charge in [-0.3, -0.25) is 4.79 Å². The van der Waals surface area contributed by atoms with Crippen LogP contribution in [0.4, 0.5) is 0 Å². The van der Waals surface area contributed by atoms with Crippen molar-refractivity contribution in [3.8, 4) is 0 Å². The van der Waals surface area contributed by atoms with Crippen LogP contribution in [0.1, 0.15) is 31.4 Å². The van der Waals surface area contributed by atoms with Gasteiger partial charge in [0, 0.05) is 12.6 Å². The lowest BCUT2D eigenvalue weighted by atomic mass is 10.1. The second-order valence-corrected chi connectivity index (χ2v) is 7.99. The number of halogens is 2. The van der Waals surface area contributed by atoms with E-state index in [1.807, 2.05) is 0 Å². The number of sulfonamides is 1. The number of hydrogen-bond donors (Lipinski definition) is 1. The zero-order valence-corrected chi connectivity index (χ0v) is 13.6. The lowest BCUT2D eigenvalue weighted by Crippen LogP contribution is -2.40. The number of nitrogens with zero attached hydrogens (tertiary/aromatic N) is 1. The third kappa shape index (κ3) is 3.18. The van der Waals surface area contributed by atoms with E-state index in [-0.39, 0.29) is 0 Å². The molecule has 0 bridgehead atoms. The van der Waals surface area contributed by atoms with Crippen molar-refractivity contribution in [2.24, 2.45) is 0 Å². The second-order valence-electron chi connectivity index (χ2n) is 4.97. The minimum atomic E-state index is -3.90. The van der Waals surface area contributed by atoms with Gasteiger partial charge in [-0.25, -0.2) is 8.42 Å². The largest absolute Gasteiger partial charge is 0.480 e. The maximum Gasteiger partial charge on any atom is 0.323 e. The predicted octanol–water partition coefficient (Wildman–Crippen LogP) is 2.93. The highest BCUT2D eigenvalue weighted by Gasteiger charge is 2.41. The van der Waals surface area contributed by atoms with E-state index in [2.05, 4.69) is 0 Å². The van der Waals surface area contributed by atoms with Gasteiger partial charge in [0.05, 0.1) is 10.0 Å². The van der Waals surface area contributed by atoms with Gasteiger partial charge in [-0.05, 0) is 37.5 Å². The molecular weight excluding hydrogens is 337 g/mol. The molecule has 116 valence electrons. The number of benzene rings is 1. The third-order valence-electron chi connectivity index (χ3n) is 3.65. The Labute approximate surface area is 133 Å². The molecule has 1 aliphatic rings. The van der Waals surface area contributed by atoms with E-state index in [9.17, 15) is 13.2 Å². The van der Waals surface area contributed by atoms with Gasteiger partial charge >= 0.3 is 5.97 Å². The summed E-state index contributed by atoms with van der Waals surface area (Å²) in [6.07, 6.45) is 1.31. The minimum Gasteiger partial charge on any atom is -0.480 e. The average Bonchev–Trinajstić information content (AvgIpc) is 2.90. The number of rotatable bonds is 4. The van der Waals surface area contributed by atoms with Crippen LogP contribution in [0.5, 0.6) is 0 Å². The van der Waals surface area contributed by atoms with Crippen molar-refractivity contribution in [2.45, 2.75) is 31.1 Å². The van der Waals surface area contributed by atoms with Gasteiger partial charge in [0.2, 0.25) is 10.0 Å². The minimum absolute atomic E-state index is 0.310. The lowest BCUT2D eigenvalue weighted by molar-refractivity contribution is -0.136. The van der Waals surface area contributed by atoms with Gasteiger partial charge in [-0.15, -0.1) is 0 Å². The Morgan fingerprint density at radius 3 is 2.62 bits per heavy atom. The number of hydrogen-bond acceptors (Lipinski definition) is 3. The molecule has 5 nitrogen and oxygen atoms in total. The lowest BCUT2D eigenvalue weighted by Gasteiger charge is -2.26. The number of carboxylic acids is 1. The molecule has 8 heteroatoms. The molecule has 1 N–H and O–H groups in total. The van der Waals surface area contributed by atoms with Crippen LogP contribution in [0, 0.1) is 0 Å². The standard InChI is InChI=1S/C13H15Cl2NO4S/c1-8(13(17)18)21(19,20)16-6-2-3-12(16)9-4-5-10(14)11(15)7-9/h4-5,7-8,12H,2-3,6H2,1H3,(H,17,18). The smallest absolute Gasteiger partial charge is 0.323 e. The van der Waals surface area contributed by atoms with E-state index < -0.39 is 27.3 Å². The van der Waals surface area contributed by atoms with Crippen LogP contribution in [0.3, 0.4) is 0 Å². The fraction of sp³-hybridized carbons (Fsp3) is 0.462. The molecule has 1 saturated heterocycles.